The molecule has 0 saturated carbocycles. The predicted octanol–water partition coefficient (Wildman–Crippen LogP) is 4.15. The molecule has 2 rings (SSSR count). The van der Waals surface area contributed by atoms with Gasteiger partial charge in [-0.05, 0) is 31.4 Å². The number of hydrogen-bond donors (Lipinski definition) is 1. The standard InChI is InChI=1S/C14H16ClFN4S2/c1-3-7-17-13-18-20(14(21)22-13)9-19(2)8-10-11(15)5-4-6-12(10)16/h3-6H,1,7-9H2,2H3,(H,17,18). The van der Waals surface area contributed by atoms with Crippen LogP contribution in [0.25, 0.3) is 0 Å². The van der Waals surface area contributed by atoms with Crippen molar-refractivity contribution in [2.45, 2.75) is 13.2 Å². The van der Waals surface area contributed by atoms with Crippen molar-refractivity contribution in [3.63, 3.8) is 0 Å². The van der Waals surface area contributed by atoms with Gasteiger partial charge in [-0.15, -0.1) is 11.7 Å². The van der Waals surface area contributed by atoms with Gasteiger partial charge in [0.1, 0.15) is 5.82 Å². The molecule has 0 atom stereocenters. The molecule has 0 spiro atoms. The van der Waals surface area contributed by atoms with E-state index in [-0.39, 0.29) is 5.82 Å². The summed E-state index contributed by atoms with van der Waals surface area (Å²) < 4.78 is 16.1. The van der Waals surface area contributed by atoms with E-state index in [1.165, 1.54) is 17.4 Å². The first kappa shape index (κ1) is 17.1. The van der Waals surface area contributed by atoms with E-state index in [4.69, 9.17) is 23.8 Å². The molecule has 0 bridgehead atoms. The van der Waals surface area contributed by atoms with E-state index in [9.17, 15) is 4.39 Å². The Kier molecular flexibility index (Phi) is 6.07. The van der Waals surface area contributed by atoms with Gasteiger partial charge in [-0.2, -0.15) is 0 Å². The summed E-state index contributed by atoms with van der Waals surface area (Å²) >= 11 is 12.7. The number of halogens is 2. The number of rotatable bonds is 7. The molecule has 0 aliphatic heterocycles. The maximum absolute atomic E-state index is 13.8. The molecule has 0 aliphatic carbocycles. The topological polar surface area (TPSA) is 33.1 Å². The Bertz CT molecular complexity index is 693. The van der Waals surface area contributed by atoms with Crippen molar-refractivity contribution in [2.24, 2.45) is 0 Å². The number of nitrogens with zero attached hydrogens (tertiary/aromatic N) is 3. The summed E-state index contributed by atoms with van der Waals surface area (Å²) in [5, 5.41) is 8.63. The Morgan fingerprint density at radius 2 is 2.36 bits per heavy atom. The van der Waals surface area contributed by atoms with E-state index >= 15 is 0 Å². The van der Waals surface area contributed by atoms with Gasteiger partial charge in [0.15, 0.2) is 3.95 Å². The second-order valence-corrected chi connectivity index (χ2v) is 6.73. The van der Waals surface area contributed by atoms with Crippen LogP contribution in [-0.2, 0) is 13.2 Å². The predicted molar refractivity (Wildman–Crippen MR) is 92.5 cm³/mol. The Morgan fingerprint density at radius 1 is 1.59 bits per heavy atom. The highest BCUT2D eigenvalue weighted by atomic mass is 35.5. The van der Waals surface area contributed by atoms with Crippen LogP contribution in [0.5, 0.6) is 0 Å². The van der Waals surface area contributed by atoms with Gasteiger partial charge in [-0.25, -0.2) is 9.07 Å². The molecule has 8 heteroatoms. The van der Waals surface area contributed by atoms with Gasteiger partial charge in [0.2, 0.25) is 5.13 Å². The lowest BCUT2D eigenvalue weighted by atomic mass is 10.2. The van der Waals surface area contributed by atoms with Crippen LogP contribution in [0.15, 0.2) is 30.9 Å². The third-order valence-electron chi connectivity index (χ3n) is 2.87. The normalized spacial score (nSPS) is 10.9. The molecule has 0 saturated heterocycles. The van der Waals surface area contributed by atoms with Crippen LogP contribution in [0.3, 0.4) is 0 Å². The first-order valence-corrected chi connectivity index (χ1v) is 8.15. The fourth-order valence-corrected chi connectivity index (χ4v) is 3.08. The van der Waals surface area contributed by atoms with Crippen molar-refractivity contribution >= 4 is 40.3 Å². The van der Waals surface area contributed by atoms with Crippen LogP contribution in [0, 0.1) is 9.77 Å². The highest BCUT2D eigenvalue weighted by Crippen LogP contribution is 2.21. The van der Waals surface area contributed by atoms with Gasteiger partial charge < -0.3 is 5.32 Å². The van der Waals surface area contributed by atoms with Gasteiger partial charge in [0.05, 0.1) is 6.67 Å². The molecular formula is C14H16ClFN4S2. The molecule has 1 N–H and O–H groups in total. The molecule has 2 aromatic rings. The third kappa shape index (κ3) is 4.36. The van der Waals surface area contributed by atoms with Crippen LogP contribution in [-0.4, -0.2) is 28.3 Å². The van der Waals surface area contributed by atoms with Crippen LogP contribution in [0.4, 0.5) is 9.52 Å². The Morgan fingerprint density at radius 3 is 3.05 bits per heavy atom. The fraction of sp³-hybridized carbons (Fsp3) is 0.286. The Labute approximate surface area is 142 Å². The Balaban J connectivity index is 2.06. The van der Waals surface area contributed by atoms with E-state index in [1.807, 2.05) is 11.9 Å². The highest BCUT2D eigenvalue weighted by Gasteiger charge is 2.11. The molecule has 0 unspecified atom stereocenters. The summed E-state index contributed by atoms with van der Waals surface area (Å²) in [6.45, 7) is 5.10. The highest BCUT2D eigenvalue weighted by molar-refractivity contribution is 7.73. The van der Waals surface area contributed by atoms with Crippen molar-refractivity contribution in [3.8, 4) is 0 Å². The number of nitrogens with one attached hydrogen (secondary N) is 1. The lowest BCUT2D eigenvalue weighted by molar-refractivity contribution is 0.242. The van der Waals surface area contributed by atoms with Gasteiger partial charge in [-0.3, -0.25) is 4.90 Å². The van der Waals surface area contributed by atoms with Crippen molar-refractivity contribution in [1.29, 1.82) is 0 Å². The minimum absolute atomic E-state index is 0.311. The maximum Gasteiger partial charge on any atom is 0.204 e. The van der Waals surface area contributed by atoms with Gasteiger partial charge in [-0.1, -0.05) is 35.1 Å². The first-order valence-electron chi connectivity index (χ1n) is 6.55. The summed E-state index contributed by atoms with van der Waals surface area (Å²) in [5.74, 6) is -0.311. The van der Waals surface area contributed by atoms with E-state index in [0.717, 1.165) is 5.13 Å². The first-order chi connectivity index (χ1) is 10.5. The molecule has 0 aliphatic rings. The summed E-state index contributed by atoms with van der Waals surface area (Å²) in [7, 11) is 1.86. The minimum Gasteiger partial charge on any atom is -0.357 e. The monoisotopic (exact) mass is 358 g/mol. The zero-order chi connectivity index (χ0) is 16.1. The molecule has 0 fully saturated rings. The zero-order valence-electron chi connectivity index (χ0n) is 12.1. The van der Waals surface area contributed by atoms with E-state index in [1.54, 1.807) is 22.9 Å². The molecule has 1 aromatic heterocycles. The van der Waals surface area contributed by atoms with Gasteiger partial charge in [0.25, 0.3) is 0 Å². The van der Waals surface area contributed by atoms with Crippen LogP contribution in [0.1, 0.15) is 5.56 Å². The van der Waals surface area contributed by atoms with Crippen LogP contribution < -0.4 is 5.32 Å². The lowest BCUT2D eigenvalue weighted by Gasteiger charge is -2.17. The largest absolute Gasteiger partial charge is 0.357 e. The second-order valence-electron chi connectivity index (χ2n) is 4.70. The summed E-state index contributed by atoms with van der Waals surface area (Å²) in [4.78, 5) is 1.90. The summed E-state index contributed by atoms with van der Waals surface area (Å²) in [6.07, 6.45) is 1.75. The van der Waals surface area contributed by atoms with Crippen LogP contribution in [0.2, 0.25) is 5.02 Å². The molecule has 22 heavy (non-hydrogen) atoms. The van der Waals surface area contributed by atoms with E-state index in [2.05, 4.69) is 17.0 Å². The Hall–Kier alpha value is -1.28. The molecule has 0 radical (unpaired) electrons. The van der Waals surface area contributed by atoms with Crippen LogP contribution >= 0.6 is 35.2 Å². The van der Waals surface area contributed by atoms with Crippen molar-refractivity contribution < 1.29 is 4.39 Å². The third-order valence-corrected chi connectivity index (χ3v) is 4.49. The number of anilines is 1. The molecule has 1 aromatic carbocycles. The molecule has 118 valence electrons. The molecule has 4 nitrogen and oxygen atoms in total. The second kappa shape index (κ2) is 7.82. The van der Waals surface area contributed by atoms with E-state index < -0.39 is 0 Å². The molecule has 1 heterocycles. The minimum atomic E-state index is -0.311. The quantitative estimate of drug-likeness (QED) is 0.595. The van der Waals surface area contributed by atoms with Gasteiger partial charge >= 0.3 is 0 Å². The average molecular weight is 359 g/mol. The maximum atomic E-state index is 13.8. The van der Waals surface area contributed by atoms with Crippen molar-refractivity contribution in [3.05, 3.63) is 51.2 Å². The smallest absolute Gasteiger partial charge is 0.204 e. The zero-order valence-corrected chi connectivity index (χ0v) is 14.4. The van der Waals surface area contributed by atoms with Crippen molar-refractivity contribution in [2.75, 3.05) is 18.9 Å². The summed E-state index contributed by atoms with van der Waals surface area (Å²) in [5.41, 5.74) is 0.471. The van der Waals surface area contributed by atoms with Gasteiger partial charge in [0, 0.05) is 23.7 Å². The molecule has 0 amide bonds. The number of benzene rings is 1. The molecular weight excluding hydrogens is 343 g/mol. The summed E-state index contributed by atoms with van der Waals surface area (Å²) in [6, 6.07) is 4.68. The van der Waals surface area contributed by atoms with Crippen molar-refractivity contribution in [1.82, 2.24) is 14.7 Å². The fourth-order valence-electron chi connectivity index (χ4n) is 1.86. The number of aromatic nitrogens is 2. The average Bonchev–Trinajstić information content (AvgIpc) is 2.81. The van der Waals surface area contributed by atoms with E-state index in [0.29, 0.717) is 34.3 Å². The number of hydrogen-bond acceptors (Lipinski definition) is 5. The SMILES string of the molecule is C=CCNc1nn(CN(C)Cc2c(F)cccc2Cl)c(=S)s1. The lowest BCUT2D eigenvalue weighted by Crippen LogP contribution is -2.23.